The number of benzene rings is 2. The zero-order valence-corrected chi connectivity index (χ0v) is 23.5. The van der Waals surface area contributed by atoms with E-state index in [2.05, 4.69) is 15.2 Å². The molecule has 0 saturated carbocycles. The fourth-order valence-electron chi connectivity index (χ4n) is 4.33. The van der Waals surface area contributed by atoms with Crippen molar-refractivity contribution in [1.82, 2.24) is 19.3 Å². The average molecular weight is 562 g/mol. The molecule has 4 aromatic rings. The topological polar surface area (TPSA) is 140 Å². The van der Waals surface area contributed by atoms with Crippen molar-refractivity contribution in [3.63, 3.8) is 0 Å². The number of nitrogens with zero attached hydrogens (tertiary/aromatic N) is 5. The number of urea groups is 1. The van der Waals surface area contributed by atoms with Gasteiger partial charge in [0.1, 0.15) is 24.0 Å². The van der Waals surface area contributed by atoms with Gasteiger partial charge in [-0.05, 0) is 30.3 Å². The number of hydrogen-bond donors (Lipinski definition) is 3. The third kappa shape index (κ3) is 7.00. The number of nitrogens with one attached hydrogen (secondary N) is 1. The second-order valence-electron chi connectivity index (χ2n) is 10.9. The minimum Gasteiger partial charge on any atom is -0.512 e. The number of amidine groups is 1. The van der Waals surface area contributed by atoms with Crippen LogP contribution in [0.1, 0.15) is 23.6 Å². The molecule has 2 amide bonds. The molecule has 4 N–H and O–H groups in total. The Labute approximate surface area is 241 Å². The zero-order chi connectivity index (χ0) is 29.0. The van der Waals surface area contributed by atoms with Gasteiger partial charge in [0.05, 0.1) is 29.9 Å². The monoisotopic (exact) mass is 561 g/mol. The lowest BCUT2D eigenvalue weighted by Crippen LogP contribution is -2.38. The number of carbonyl (C=O) groups is 1. The first-order chi connectivity index (χ1) is 19.7. The Kier molecular flexibility index (Phi) is 8.18. The van der Waals surface area contributed by atoms with Crippen molar-refractivity contribution in [2.24, 2.45) is 16.1 Å². The quantitative estimate of drug-likeness (QED) is 0.160. The van der Waals surface area contributed by atoms with Crippen molar-refractivity contribution >= 4 is 34.4 Å². The standard InChI is InChI=1S/C30H35N7O4.2H2/c1-30(2,3)26(38)19-27(31)35-29(39)32-21-6-4-20(5-7-21)23-10-11-37-25-9-8-22(18-24(25)34-28(37)33-23)41-17-14-36-12-15-40-16-13-36;;/h4-11,18-19,38H,12-17H2,1-3H3,(H3,31,32,35,39);2*1H/b26-19-;;. The molecule has 0 radical (unpaired) electrons. The van der Waals surface area contributed by atoms with E-state index >= 15 is 0 Å². The summed E-state index contributed by atoms with van der Waals surface area (Å²) in [5.41, 5.74) is 9.21. The molecule has 1 saturated heterocycles. The molecule has 0 unspecified atom stereocenters. The summed E-state index contributed by atoms with van der Waals surface area (Å²) >= 11 is 0. The van der Waals surface area contributed by atoms with Crippen molar-refractivity contribution in [2.45, 2.75) is 20.8 Å². The highest BCUT2D eigenvalue weighted by molar-refractivity contribution is 6.03. The van der Waals surface area contributed by atoms with E-state index in [0.29, 0.717) is 18.1 Å². The summed E-state index contributed by atoms with van der Waals surface area (Å²) in [6.07, 6.45) is 3.23. The number of aliphatic hydroxyl groups excluding tert-OH is 1. The maximum absolute atomic E-state index is 12.3. The van der Waals surface area contributed by atoms with Gasteiger partial charge in [0, 0.05) is 57.5 Å². The van der Waals surface area contributed by atoms with Gasteiger partial charge in [-0.1, -0.05) is 32.9 Å². The fraction of sp³-hybridized carbons (Fsp3) is 0.333. The van der Waals surface area contributed by atoms with Crippen LogP contribution in [0.2, 0.25) is 0 Å². The average Bonchev–Trinajstić information content (AvgIpc) is 3.30. The van der Waals surface area contributed by atoms with Crippen LogP contribution in [0.15, 0.2) is 71.6 Å². The van der Waals surface area contributed by atoms with Crippen molar-refractivity contribution in [2.75, 3.05) is 44.8 Å². The number of aromatic nitrogens is 3. The lowest BCUT2D eigenvalue weighted by Gasteiger charge is -2.26. The molecular formula is C30H39N7O4. The second-order valence-corrected chi connectivity index (χ2v) is 10.9. The van der Waals surface area contributed by atoms with Gasteiger partial charge in [-0.15, -0.1) is 0 Å². The third-order valence-electron chi connectivity index (χ3n) is 6.74. The predicted octanol–water partition coefficient (Wildman–Crippen LogP) is 5.13. The fourth-order valence-corrected chi connectivity index (χ4v) is 4.33. The molecule has 218 valence electrons. The van der Waals surface area contributed by atoms with E-state index < -0.39 is 11.4 Å². The number of imidazole rings is 1. The number of aliphatic imine (C=N–C) groups is 1. The highest BCUT2D eigenvalue weighted by Crippen LogP contribution is 2.25. The van der Waals surface area contributed by atoms with Crippen LogP contribution in [-0.4, -0.2) is 75.7 Å². The number of morpholine rings is 1. The third-order valence-corrected chi connectivity index (χ3v) is 6.74. The molecule has 2 aromatic carbocycles. The Bertz CT molecular complexity index is 1610. The molecule has 11 heteroatoms. The Morgan fingerprint density at radius 3 is 2.66 bits per heavy atom. The molecule has 0 atom stereocenters. The summed E-state index contributed by atoms with van der Waals surface area (Å²) < 4.78 is 13.3. The number of nitrogens with two attached hydrogens (primary N) is 1. The number of carbonyl (C=O) groups excluding carboxylic acids is 1. The van der Waals surface area contributed by atoms with Gasteiger partial charge in [-0.25, -0.2) is 14.8 Å². The van der Waals surface area contributed by atoms with Gasteiger partial charge < -0.3 is 25.6 Å². The largest absolute Gasteiger partial charge is 0.512 e. The molecule has 0 spiro atoms. The predicted molar refractivity (Wildman–Crippen MR) is 164 cm³/mol. The molecule has 3 heterocycles. The van der Waals surface area contributed by atoms with Crippen LogP contribution >= 0.6 is 0 Å². The molecule has 0 aliphatic carbocycles. The smallest absolute Gasteiger partial charge is 0.347 e. The van der Waals surface area contributed by atoms with Gasteiger partial charge in [0.25, 0.3) is 0 Å². The van der Waals surface area contributed by atoms with E-state index in [-0.39, 0.29) is 14.4 Å². The number of allylic oxidation sites excluding steroid dienone is 1. The van der Waals surface area contributed by atoms with E-state index in [0.717, 1.165) is 60.9 Å². The highest BCUT2D eigenvalue weighted by Gasteiger charge is 2.16. The van der Waals surface area contributed by atoms with Crippen LogP contribution < -0.4 is 15.8 Å². The number of rotatable bonds is 7. The molecule has 5 rings (SSSR count). The summed E-state index contributed by atoms with van der Waals surface area (Å²) in [6, 6.07) is 14.4. The van der Waals surface area contributed by atoms with E-state index in [9.17, 15) is 9.90 Å². The van der Waals surface area contributed by atoms with E-state index in [1.54, 1.807) is 12.1 Å². The number of amides is 2. The highest BCUT2D eigenvalue weighted by atomic mass is 16.5. The Hall–Kier alpha value is -4.48. The van der Waals surface area contributed by atoms with Gasteiger partial charge in [0.2, 0.25) is 5.78 Å². The first kappa shape index (κ1) is 28.1. The Morgan fingerprint density at radius 2 is 1.93 bits per heavy atom. The molecular weight excluding hydrogens is 522 g/mol. The maximum atomic E-state index is 12.3. The summed E-state index contributed by atoms with van der Waals surface area (Å²) in [5, 5.41) is 12.7. The summed E-state index contributed by atoms with van der Waals surface area (Å²) in [5.74, 6) is 1.32. The summed E-state index contributed by atoms with van der Waals surface area (Å²) in [4.78, 5) is 27.8. The number of anilines is 1. The molecule has 11 nitrogen and oxygen atoms in total. The van der Waals surface area contributed by atoms with Crippen LogP contribution in [-0.2, 0) is 4.74 Å². The van der Waals surface area contributed by atoms with Gasteiger partial charge in [-0.3, -0.25) is 9.30 Å². The number of hydrogen-bond acceptors (Lipinski definition) is 7. The first-order valence-electron chi connectivity index (χ1n) is 13.5. The SMILES string of the molecule is CC(C)(C)/C(O)=C/C(N)=N\C(=O)Nc1ccc(-c2ccn3c(n2)nc2cc(OCCN4CCOCC4)ccc23)cc1.[HH].[HH]. The molecule has 1 aliphatic rings. The number of aliphatic hydroxyl groups is 1. The zero-order valence-electron chi connectivity index (χ0n) is 23.5. The van der Waals surface area contributed by atoms with E-state index in [1.807, 2.05) is 67.8 Å². The molecule has 41 heavy (non-hydrogen) atoms. The first-order valence-corrected chi connectivity index (χ1v) is 13.5. The van der Waals surface area contributed by atoms with E-state index in [1.165, 1.54) is 6.08 Å². The van der Waals surface area contributed by atoms with Crippen molar-refractivity contribution in [1.29, 1.82) is 0 Å². The number of fused-ring (bicyclic) bond motifs is 3. The van der Waals surface area contributed by atoms with Gasteiger partial charge in [0.15, 0.2) is 0 Å². The van der Waals surface area contributed by atoms with Crippen molar-refractivity contribution in [3.8, 4) is 17.0 Å². The minimum atomic E-state index is -0.638. The Balaban J connectivity index is 0.00000253. The molecule has 0 bridgehead atoms. The van der Waals surface area contributed by atoms with Crippen LogP contribution in [0.5, 0.6) is 5.75 Å². The van der Waals surface area contributed by atoms with Crippen LogP contribution in [0.25, 0.3) is 28.1 Å². The van der Waals surface area contributed by atoms with Crippen molar-refractivity contribution < 1.29 is 22.2 Å². The van der Waals surface area contributed by atoms with Crippen LogP contribution in [0.3, 0.4) is 0 Å². The van der Waals surface area contributed by atoms with Crippen molar-refractivity contribution in [3.05, 3.63) is 66.6 Å². The molecule has 1 fully saturated rings. The minimum absolute atomic E-state index is 0. The molecule has 1 aliphatic heterocycles. The Morgan fingerprint density at radius 1 is 1.17 bits per heavy atom. The number of ether oxygens (including phenoxy) is 2. The maximum Gasteiger partial charge on any atom is 0.347 e. The van der Waals surface area contributed by atoms with Crippen LogP contribution in [0.4, 0.5) is 10.5 Å². The summed E-state index contributed by atoms with van der Waals surface area (Å²) in [6.45, 7) is 10.4. The lowest BCUT2D eigenvalue weighted by molar-refractivity contribution is 0.0322. The molecule has 2 aromatic heterocycles. The van der Waals surface area contributed by atoms with E-state index in [4.69, 9.17) is 25.2 Å². The van der Waals surface area contributed by atoms with Gasteiger partial charge in [-0.2, -0.15) is 4.99 Å². The summed E-state index contributed by atoms with van der Waals surface area (Å²) in [7, 11) is 0. The van der Waals surface area contributed by atoms with Crippen LogP contribution in [0, 0.1) is 5.41 Å². The lowest BCUT2D eigenvalue weighted by atomic mass is 9.93. The normalized spacial score (nSPS) is 15.4. The van der Waals surface area contributed by atoms with Gasteiger partial charge >= 0.3 is 6.03 Å². The second kappa shape index (κ2) is 11.9.